The van der Waals surface area contributed by atoms with Gasteiger partial charge in [-0.3, -0.25) is 15.0 Å². The Balaban J connectivity index is 1.53. The van der Waals surface area contributed by atoms with E-state index in [1.54, 1.807) is 6.07 Å². The number of carbonyl (C=O) groups excluding carboxylic acids is 1. The monoisotopic (exact) mass is 477 g/mol. The molecule has 8 heteroatoms. The van der Waals surface area contributed by atoms with Gasteiger partial charge in [0.25, 0.3) is 0 Å². The predicted molar refractivity (Wildman–Crippen MR) is 132 cm³/mol. The number of amides is 1. The van der Waals surface area contributed by atoms with Gasteiger partial charge in [-0.05, 0) is 41.5 Å². The zero-order chi connectivity index (χ0) is 24.5. The van der Waals surface area contributed by atoms with E-state index in [1.165, 1.54) is 11.6 Å². The molecule has 1 saturated carbocycles. The number of hydrogen-bond donors (Lipinski definition) is 3. The summed E-state index contributed by atoms with van der Waals surface area (Å²) < 4.78 is 11.1. The lowest BCUT2D eigenvalue weighted by molar-refractivity contribution is -0.117. The molecule has 2 fully saturated rings. The molecule has 1 aliphatic carbocycles. The summed E-state index contributed by atoms with van der Waals surface area (Å²) in [6.07, 6.45) is 1.74. The van der Waals surface area contributed by atoms with Crippen molar-refractivity contribution in [2.75, 3.05) is 31.6 Å². The zero-order valence-corrected chi connectivity index (χ0v) is 20.1. The van der Waals surface area contributed by atoms with Crippen LogP contribution in [-0.2, 0) is 16.1 Å². The predicted octanol–water partition coefficient (Wildman–Crippen LogP) is 4.72. The van der Waals surface area contributed by atoms with E-state index in [0.717, 1.165) is 51.3 Å². The number of hydrogen-bond acceptors (Lipinski definition) is 7. The third-order valence-corrected chi connectivity index (χ3v) is 6.65. The molecule has 0 spiro atoms. The summed E-state index contributed by atoms with van der Waals surface area (Å²) in [6.45, 7) is 8.09. The number of phenolic OH excluding ortho intramolecular Hbond substituents is 2. The molecule has 0 atom stereocenters. The van der Waals surface area contributed by atoms with Crippen LogP contribution in [0.15, 0.2) is 40.9 Å². The maximum atomic E-state index is 12.5. The molecule has 0 radical (unpaired) electrons. The average molecular weight is 478 g/mol. The van der Waals surface area contributed by atoms with Gasteiger partial charge in [0.1, 0.15) is 17.2 Å². The van der Waals surface area contributed by atoms with Gasteiger partial charge < -0.3 is 19.5 Å². The van der Waals surface area contributed by atoms with Crippen molar-refractivity contribution in [3.8, 4) is 33.9 Å². The first-order chi connectivity index (χ1) is 16.9. The molecule has 2 aromatic carbocycles. The van der Waals surface area contributed by atoms with Crippen LogP contribution < -0.4 is 5.32 Å². The molecule has 2 heterocycles. The normalized spacial score (nSPS) is 16.5. The van der Waals surface area contributed by atoms with E-state index >= 15 is 0 Å². The van der Waals surface area contributed by atoms with Gasteiger partial charge >= 0.3 is 0 Å². The van der Waals surface area contributed by atoms with Gasteiger partial charge in [0.2, 0.25) is 11.8 Å². The van der Waals surface area contributed by atoms with Crippen molar-refractivity contribution >= 4 is 11.8 Å². The number of anilines is 1. The topological polar surface area (TPSA) is 108 Å². The van der Waals surface area contributed by atoms with Crippen LogP contribution in [0.2, 0.25) is 0 Å². The summed E-state index contributed by atoms with van der Waals surface area (Å²) in [5.41, 5.74) is 4.14. The van der Waals surface area contributed by atoms with Gasteiger partial charge in [-0.2, -0.15) is 0 Å². The first kappa shape index (κ1) is 23.4. The highest BCUT2D eigenvalue weighted by atomic mass is 16.5. The van der Waals surface area contributed by atoms with E-state index in [9.17, 15) is 15.0 Å². The van der Waals surface area contributed by atoms with E-state index in [2.05, 4.69) is 27.5 Å². The highest BCUT2D eigenvalue weighted by molar-refractivity contribution is 5.99. The van der Waals surface area contributed by atoms with Crippen molar-refractivity contribution in [1.82, 2.24) is 10.1 Å². The highest BCUT2D eigenvalue weighted by Gasteiger charge is 2.32. The van der Waals surface area contributed by atoms with Crippen molar-refractivity contribution in [3.63, 3.8) is 0 Å². The smallest absolute Gasteiger partial charge is 0.239 e. The van der Waals surface area contributed by atoms with Gasteiger partial charge in [-0.25, -0.2) is 0 Å². The summed E-state index contributed by atoms with van der Waals surface area (Å²) in [4.78, 5) is 14.9. The second-order valence-corrected chi connectivity index (χ2v) is 9.67. The largest absolute Gasteiger partial charge is 0.508 e. The number of aromatic hydroxyl groups is 2. The van der Waals surface area contributed by atoms with E-state index < -0.39 is 0 Å². The van der Waals surface area contributed by atoms with Crippen LogP contribution in [0, 0.1) is 5.92 Å². The zero-order valence-electron chi connectivity index (χ0n) is 20.1. The van der Waals surface area contributed by atoms with Gasteiger partial charge in [0.05, 0.1) is 18.8 Å². The number of phenols is 2. The Bertz CT molecular complexity index is 1210. The molecule has 5 rings (SSSR count). The molecule has 0 unspecified atom stereocenters. The van der Waals surface area contributed by atoms with Gasteiger partial charge in [-0.15, -0.1) is 0 Å². The minimum atomic E-state index is -0.106. The molecule has 0 bridgehead atoms. The van der Waals surface area contributed by atoms with Crippen molar-refractivity contribution in [1.29, 1.82) is 0 Å². The number of nitrogens with zero attached hydrogens (tertiary/aromatic N) is 2. The highest BCUT2D eigenvalue weighted by Crippen LogP contribution is 2.44. The number of nitrogens with one attached hydrogen (secondary N) is 1. The number of ether oxygens (including phenoxy) is 1. The molecule has 3 N–H and O–H groups in total. The Hall–Kier alpha value is -3.36. The fraction of sp³-hybridized carbons (Fsp3) is 0.407. The number of carbonyl (C=O) groups is 1. The first-order valence-electron chi connectivity index (χ1n) is 12.2. The summed E-state index contributed by atoms with van der Waals surface area (Å²) in [7, 11) is 0. The number of aromatic nitrogens is 1. The van der Waals surface area contributed by atoms with E-state index in [0.29, 0.717) is 22.4 Å². The number of rotatable bonds is 7. The lowest BCUT2D eigenvalue weighted by atomic mass is 9.94. The van der Waals surface area contributed by atoms with Crippen molar-refractivity contribution in [2.24, 2.45) is 5.92 Å². The molecular weight excluding hydrogens is 446 g/mol. The summed E-state index contributed by atoms with van der Waals surface area (Å²) >= 11 is 0. The Labute approximate surface area is 204 Å². The molecule has 1 saturated heterocycles. The summed E-state index contributed by atoms with van der Waals surface area (Å²) in [5.74, 6) is 0.138. The van der Waals surface area contributed by atoms with Crippen LogP contribution in [-0.4, -0.2) is 52.5 Å². The maximum absolute atomic E-state index is 12.5. The number of benzene rings is 2. The molecule has 1 aromatic heterocycles. The van der Waals surface area contributed by atoms with Crippen LogP contribution in [0.4, 0.5) is 5.88 Å². The van der Waals surface area contributed by atoms with Crippen LogP contribution in [0.25, 0.3) is 22.4 Å². The second kappa shape index (κ2) is 9.71. The Morgan fingerprint density at radius 2 is 1.83 bits per heavy atom. The lowest BCUT2D eigenvalue weighted by Gasteiger charge is -2.26. The van der Waals surface area contributed by atoms with Crippen LogP contribution in [0.1, 0.15) is 43.7 Å². The van der Waals surface area contributed by atoms with E-state index in [1.807, 2.05) is 26.0 Å². The fourth-order valence-corrected chi connectivity index (χ4v) is 4.43. The molecule has 35 heavy (non-hydrogen) atoms. The molecular formula is C27H31N3O5. The quantitative estimate of drug-likeness (QED) is 0.452. The summed E-state index contributed by atoms with van der Waals surface area (Å²) in [5, 5.41) is 28.1. The summed E-state index contributed by atoms with van der Waals surface area (Å²) in [6, 6.07) is 11.2. The lowest BCUT2D eigenvalue weighted by Crippen LogP contribution is -2.35. The van der Waals surface area contributed by atoms with Crippen molar-refractivity contribution in [3.05, 3.63) is 47.5 Å². The Morgan fingerprint density at radius 3 is 2.49 bits per heavy atom. The van der Waals surface area contributed by atoms with Crippen LogP contribution in [0.5, 0.6) is 11.5 Å². The van der Waals surface area contributed by atoms with E-state index in [4.69, 9.17) is 9.26 Å². The van der Waals surface area contributed by atoms with Crippen LogP contribution >= 0.6 is 0 Å². The molecule has 1 amide bonds. The molecule has 3 aromatic rings. The molecule has 1 aliphatic heterocycles. The third kappa shape index (κ3) is 5.04. The minimum absolute atomic E-state index is 0.00178. The minimum Gasteiger partial charge on any atom is -0.508 e. The van der Waals surface area contributed by atoms with Gasteiger partial charge in [0.15, 0.2) is 0 Å². The fourth-order valence-electron chi connectivity index (χ4n) is 4.43. The van der Waals surface area contributed by atoms with Crippen LogP contribution in [0.3, 0.4) is 0 Å². The van der Waals surface area contributed by atoms with Crippen molar-refractivity contribution in [2.45, 2.75) is 39.2 Å². The third-order valence-electron chi connectivity index (χ3n) is 6.65. The SMILES string of the molecule is CC(C)c1cc(-c2noc(NC(=O)C3CC3)c2-c2ccc(CN3CCOCC3)cc2)c(O)cc1O. The van der Waals surface area contributed by atoms with Crippen molar-refractivity contribution < 1.29 is 24.3 Å². The maximum Gasteiger partial charge on any atom is 0.239 e. The molecule has 184 valence electrons. The van der Waals surface area contributed by atoms with E-state index in [-0.39, 0.29) is 35.1 Å². The first-order valence-corrected chi connectivity index (χ1v) is 12.2. The van der Waals surface area contributed by atoms with Gasteiger partial charge in [-0.1, -0.05) is 43.3 Å². The Kier molecular flexibility index (Phi) is 6.49. The number of morpholine rings is 1. The van der Waals surface area contributed by atoms with Gasteiger partial charge in [0, 0.05) is 37.2 Å². The standard InChI is InChI=1S/C27H31N3O5/c1-16(2)20-13-21(23(32)14-22(20)31)25-24(27(35-29-25)28-26(33)19-7-8-19)18-5-3-17(4-6-18)15-30-9-11-34-12-10-30/h3-6,13-14,16,19,31-32H,7-12,15H2,1-2H3,(H,28,33). The Morgan fingerprint density at radius 1 is 1.11 bits per heavy atom. The average Bonchev–Trinajstić information content (AvgIpc) is 3.62. The second-order valence-electron chi connectivity index (χ2n) is 9.67. The molecule has 2 aliphatic rings. The molecule has 8 nitrogen and oxygen atoms in total.